The lowest BCUT2D eigenvalue weighted by Gasteiger charge is -2.52. The van der Waals surface area contributed by atoms with Gasteiger partial charge in [-0.1, -0.05) is 113 Å². The van der Waals surface area contributed by atoms with Gasteiger partial charge in [-0.15, -0.1) is 0 Å². The summed E-state index contributed by atoms with van der Waals surface area (Å²) in [5.74, 6) is -6.28. The van der Waals surface area contributed by atoms with Crippen LogP contribution in [0.1, 0.15) is 96.8 Å². The monoisotopic (exact) mass is 1320 g/mol. The van der Waals surface area contributed by atoms with E-state index in [4.69, 9.17) is 82.0 Å². The first-order chi connectivity index (χ1) is 41.8. The van der Waals surface area contributed by atoms with Crippen LogP contribution < -0.4 is 16.8 Å². The van der Waals surface area contributed by atoms with Gasteiger partial charge in [0, 0.05) is 6.42 Å². The number of aliphatic hydroxyl groups excluding tert-OH is 16. The lowest BCUT2D eigenvalue weighted by atomic mass is 9.88. The number of nitrogens with one attached hydrogen (secondary N) is 1. The Morgan fingerprint density at radius 3 is 1.67 bits per heavy atom. The van der Waals surface area contributed by atoms with E-state index in [1.807, 2.05) is 0 Å². The van der Waals surface area contributed by atoms with Crippen LogP contribution in [0.3, 0.4) is 0 Å². The minimum atomic E-state index is -3.26. The Hall–Kier alpha value is -1.86. The summed E-state index contributed by atoms with van der Waals surface area (Å²) in [6, 6.07) is -4.81. The third-order valence-corrected chi connectivity index (χ3v) is 16.8. The number of allylic oxidation sites excluding steroid dienone is 1. The molecule has 0 aliphatic carbocycles. The van der Waals surface area contributed by atoms with Crippen molar-refractivity contribution in [2.45, 2.75) is 273 Å². The number of ether oxygens (including phenoxy) is 10. The molecule has 5 heterocycles. The molecule has 28 atom stereocenters. The largest absolute Gasteiger partial charge is 0.477 e. The van der Waals surface area contributed by atoms with Gasteiger partial charge in [-0.05, 0) is 12.8 Å². The van der Waals surface area contributed by atoms with Crippen LogP contribution in [0.2, 0.25) is 0 Å². The Morgan fingerprint density at radius 2 is 1.10 bits per heavy atom. The second kappa shape index (κ2) is 37.3. The first-order valence-corrected chi connectivity index (χ1v) is 30.8. The molecule has 1 amide bonds. The van der Waals surface area contributed by atoms with Crippen molar-refractivity contribution in [3.63, 3.8) is 0 Å². The molecule has 5 aliphatic heterocycles. The Balaban J connectivity index is 1.37. The molecule has 0 spiro atoms. The predicted molar refractivity (Wildman–Crippen MR) is 300 cm³/mol. The highest BCUT2D eigenvalue weighted by atomic mass is 35.5. The van der Waals surface area contributed by atoms with E-state index in [1.54, 1.807) is 6.08 Å². The number of carbonyl (C=O) groups is 2. The van der Waals surface area contributed by atoms with E-state index in [9.17, 15) is 96.4 Å². The molecule has 88 heavy (non-hydrogen) atoms. The van der Waals surface area contributed by atoms with E-state index in [2.05, 4.69) is 12.2 Å². The summed E-state index contributed by atoms with van der Waals surface area (Å²) in [6.45, 7) is -3.74. The summed E-state index contributed by atoms with van der Waals surface area (Å²) in [7, 11) is 0. The maximum atomic E-state index is 13.4. The van der Waals surface area contributed by atoms with Crippen LogP contribution in [0, 0.1) is 0 Å². The van der Waals surface area contributed by atoms with Gasteiger partial charge >= 0.3 is 5.97 Å². The molecule has 0 aromatic heterocycles. The topological polar surface area (TPSA) is 534 Å². The van der Waals surface area contributed by atoms with Gasteiger partial charge < -0.3 is 151 Å². The molecule has 0 aromatic rings. The van der Waals surface area contributed by atoms with Gasteiger partial charge in [-0.25, -0.2) is 4.79 Å². The number of rotatable bonds is 36. The van der Waals surface area contributed by atoms with Crippen LogP contribution >= 0.6 is 23.2 Å². The van der Waals surface area contributed by atoms with Crippen molar-refractivity contribution in [2.24, 2.45) is 11.5 Å². The van der Waals surface area contributed by atoms with Gasteiger partial charge in [-0.2, -0.15) is 0 Å². The van der Waals surface area contributed by atoms with Crippen molar-refractivity contribution in [1.82, 2.24) is 5.32 Å². The number of halogens is 2. The number of hydrogen-bond donors (Lipinski definition) is 20. The molecule has 34 heteroatoms. The second-order valence-corrected chi connectivity index (χ2v) is 24.0. The standard InChI is InChI=1S/C54H95Cl2N3O29/c1-2-3-4-5-6-7-8-9-10-11-12-13-14-15-16-25(65)24(59-48(76)47(55)56)23-79-50-40(74)38(72)42(30(21-63)82-50)84-52-41(75)46(88-54(53(77)78)17-26(66)32(57)45(87-54)34(68)27(67)18-60)43(31(22-64)83-52)85-49-33(58)44(36(70)29(20-62)80-49)86-51-39(73)37(71)35(69)28(19-61)81-51/h15-16,24-47,49-52,60-75H,2-14,17-23,57-58H2,1H3,(H,59,76)(H,77,78)/b16-15+/t24-,25+,26-,27+,28+,29+,30+,31+,32+,33+,34+,35-,36-,37-,38+,39+,40+,41+,42+,43-,44+,45+,46+,49-,50+,51?,52-,54-/m0/s1. The fraction of sp³-hybridized carbons (Fsp3) is 0.926. The van der Waals surface area contributed by atoms with Gasteiger partial charge in [0.2, 0.25) is 0 Å². The van der Waals surface area contributed by atoms with Crippen LogP contribution in [0.25, 0.3) is 0 Å². The maximum Gasteiger partial charge on any atom is 0.364 e. The highest BCUT2D eigenvalue weighted by Gasteiger charge is 2.61. The summed E-state index contributed by atoms with van der Waals surface area (Å²) in [6.07, 6.45) is -31.3. The molecule has 5 fully saturated rings. The molecule has 5 aliphatic rings. The van der Waals surface area contributed by atoms with E-state index in [0.717, 1.165) is 32.1 Å². The van der Waals surface area contributed by atoms with Crippen LogP contribution in [0.4, 0.5) is 0 Å². The Kier molecular flexibility index (Phi) is 32.6. The van der Waals surface area contributed by atoms with Crippen molar-refractivity contribution < 1.29 is 144 Å². The third-order valence-electron chi connectivity index (χ3n) is 16.4. The maximum absolute atomic E-state index is 13.4. The molecule has 0 radical (unpaired) electrons. The lowest BCUT2D eigenvalue weighted by Crippen LogP contribution is -2.71. The van der Waals surface area contributed by atoms with Crippen molar-refractivity contribution >= 4 is 35.1 Å². The van der Waals surface area contributed by atoms with Crippen molar-refractivity contribution in [2.75, 3.05) is 39.6 Å². The molecule has 0 bridgehead atoms. The van der Waals surface area contributed by atoms with Gasteiger partial charge in [0.05, 0.1) is 70.0 Å². The summed E-state index contributed by atoms with van der Waals surface area (Å²) in [5.41, 5.74) is 12.6. The van der Waals surface area contributed by atoms with E-state index in [1.165, 1.54) is 51.0 Å². The number of aliphatic hydroxyl groups is 16. The number of carboxylic acid groups (broad SMARTS) is 1. The highest BCUT2D eigenvalue weighted by Crippen LogP contribution is 2.40. The quantitative estimate of drug-likeness (QED) is 0.0158. The first kappa shape index (κ1) is 76.8. The van der Waals surface area contributed by atoms with E-state index < -0.39 is 234 Å². The van der Waals surface area contributed by atoms with Crippen molar-refractivity contribution in [3.05, 3.63) is 12.2 Å². The summed E-state index contributed by atoms with van der Waals surface area (Å²) < 4.78 is 58.4. The molecule has 22 N–H and O–H groups in total. The average Bonchev–Trinajstić information content (AvgIpc) is 1.07. The van der Waals surface area contributed by atoms with E-state index >= 15 is 0 Å². The number of hydrogen-bond acceptors (Lipinski definition) is 30. The van der Waals surface area contributed by atoms with Gasteiger partial charge in [-0.3, -0.25) is 4.79 Å². The third kappa shape index (κ3) is 20.1. The number of alkyl halides is 2. The predicted octanol–water partition coefficient (Wildman–Crippen LogP) is -6.46. The summed E-state index contributed by atoms with van der Waals surface area (Å²) in [5, 5.41) is 187. The smallest absolute Gasteiger partial charge is 0.364 e. The van der Waals surface area contributed by atoms with Crippen LogP contribution in [-0.2, 0) is 57.0 Å². The molecule has 5 rings (SSSR count). The van der Waals surface area contributed by atoms with Crippen molar-refractivity contribution in [1.29, 1.82) is 0 Å². The zero-order valence-corrected chi connectivity index (χ0v) is 50.4. The molecule has 514 valence electrons. The molecule has 0 saturated carbocycles. The lowest BCUT2D eigenvalue weighted by molar-refractivity contribution is -0.402. The summed E-state index contributed by atoms with van der Waals surface area (Å²) in [4.78, 5) is 24.5. The fourth-order valence-electron chi connectivity index (χ4n) is 11.1. The minimum Gasteiger partial charge on any atom is -0.477 e. The SMILES string of the molecule is CCCCCCCCCCCCCC/C=C/[C@@H](O)[C@H](CO[C@@H]1O[C@H](CO)[C@@H](O[C@@H]2O[C@H](CO)[C@H](O[C@@H]3O[C@H](CO)[C@H](O)[C@H](OC4O[C@H](CO)[C@H](O)[C@H](O)[C@H]4O)[C@H]3N)[C@H](O[C@]3(C(=O)O)C[C@H](O)[C@@H](N)[C@H]([C@H](O)[C@H](O)CO)O3)[C@H]2O)[C@H](O)[C@H]1O)NC(=O)C(Cl)Cl. The second-order valence-electron chi connectivity index (χ2n) is 22.9. The number of amides is 1. The first-order valence-electron chi connectivity index (χ1n) is 29.9. The molecular formula is C54H95Cl2N3O29. The Bertz CT molecular complexity index is 2050. The molecule has 5 saturated heterocycles. The zero-order valence-electron chi connectivity index (χ0n) is 48.9. The average molecular weight is 1320 g/mol. The summed E-state index contributed by atoms with van der Waals surface area (Å²) >= 11 is 11.6. The van der Waals surface area contributed by atoms with Crippen LogP contribution in [0.15, 0.2) is 12.2 Å². The van der Waals surface area contributed by atoms with E-state index in [0.29, 0.717) is 6.42 Å². The number of nitrogens with two attached hydrogens (primary N) is 2. The fourth-order valence-corrected chi connectivity index (χ4v) is 11.2. The molecule has 1 unspecified atom stereocenters. The normalized spacial score (nSPS) is 39.7. The van der Waals surface area contributed by atoms with Crippen molar-refractivity contribution in [3.8, 4) is 0 Å². The van der Waals surface area contributed by atoms with Gasteiger partial charge in [0.1, 0.15) is 110 Å². The van der Waals surface area contributed by atoms with E-state index in [-0.39, 0.29) is 0 Å². The van der Waals surface area contributed by atoms with Gasteiger partial charge in [0.25, 0.3) is 11.7 Å². The Morgan fingerprint density at radius 1 is 0.602 bits per heavy atom. The highest BCUT2D eigenvalue weighted by molar-refractivity contribution is 6.53. The Labute approximate surface area is 518 Å². The minimum absolute atomic E-state index is 0.595. The molecule has 0 aromatic carbocycles. The molecular weight excluding hydrogens is 1230 g/mol. The number of aliphatic carboxylic acids is 1. The molecule has 32 nitrogen and oxygen atoms in total. The van der Waals surface area contributed by atoms with Gasteiger partial charge in [0.15, 0.2) is 30.0 Å². The number of carbonyl (C=O) groups excluding carboxylic acids is 1. The zero-order chi connectivity index (χ0) is 65.2. The number of unbranched alkanes of at least 4 members (excludes halogenated alkanes) is 12. The van der Waals surface area contributed by atoms with Crippen LogP contribution in [-0.4, -0.2) is 314 Å². The van der Waals surface area contributed by atoms with Crippen LogP contribution in [0.5, 0.6) is 0 Å². The number of carboxylic acids is 1.